The third kappa shape index (κ3) is 2.06. The molecule has 1 atom stereocenters. The largest absolute Gasteiger partial charge is 0.439 e. The third-order valence-corrected chi connectivity index (χ3v) is 3.79. The van der Waals surface area contributed by atoms with Gasteiger partial charge in [-0.25, -0.2) is 4.79 Å². The summed E-state index contributed by atoms with van der Waals surface area (Å²) >= 11 is 5.85. The molecular weight excluding hydrogens is 252 g/mol. The highest BCUT2D eigenvalue weighted by Gasteiger charge is 2.46. The molecule has 0 radical (unpaired) electrons. The molecule has 0 aromatic heterocycles. The zero-order chi connectivity index (χ0) is 12.6. The SMILES string of the molecule is O=C1OC2(CCCNC2)CN1c1ccc(Cl)cc1. The third-order valence-electron chi connectivity index (χ3n) is 3.54. The van der Waals surface area contributed by atoms with Crippen LogP contribution in [0, 0.1) is 0 Å². The molecule has 1 N–H and O–H groups in total. The number of halogens is 1. The second kappa shape index (κ2) is 4.44. The number of benzene rings is 1. The zero-order valence-corrected chi connectivity index (χ0v) is 10.7. The van der Waals surface area contributed by atoms with Crippen molar-refractivity contribution < 1.29 is 9.53 Å². The van der Waals surface area contributed by atoms with Gasteiger partial charge in [0.05, 0.1) is 6.54 Å². The Kier molecular flexibility index (Phi) is 2.92. The molecule has 1 aromatic carbocycles. The Morgan fingerprint density at radius 3 is 2.78 bits per heavy atom. The van der Waals surface area contributed by atoms with Crippen molar-refractivity contribution in [2.24, 2.45) is 0 Å². The van der Waals surface area contributed by atoms with Gasteiger partial charge in [-0.05, 0) is 43.7 Å². The molecule has 0 aliphatic carbocycles. The van der Waals surface area contributed by atoms with Crippen LogP contribution in [0.2, 0.25) is 5.02 Å². The topological polar surface area (TPSA) is 41.6 Å². The molecule has 18 heavy (non-hydrogen) atoms. The van der Waals surface area contributed by atoms with Crippen LogP contribution in [0.25, 0.3) is 0 Å². The lowest BCUT2D eigenvalue weighted by atomic mass is 9.94. The van der Waals surface area contributed by atoms with E-state index in [9.17, 15) is 4.79 Å². The normalized spacial score (nSPS) is 27.6. The summed E-state index contributed by atoms with van der Waals surface area (Å²) in [6, 6.07) is 7.26. The van der Waals surface area contributed by atoms with E-state index < -0.39 is 0 Å². The Morgan fingerprint density at radius 1 is 1.33 bits per heavy atom. The standard InChI is InChI=1S/C13H15ClN2O2/c14-10-2-4-11(5-3-10)16-9-13(18-12(16)17)6-1-7-15-8-13/h2-5,15H,1,6-9H2. The van der Waals surface area contributed by atoms with Crippen molar-refractivity contribution in [3.63, 3.8) is 0 Å². The number of anilines is 1. The van der Waals surface area contributed by atoms with Gasteiger partial charge in [0.15, 0.2) is 0 Å². The summed E-state index contributed by atoms with van der Waals surface area (Å²) in [6.07, 6.45) is 1.71. The summed E-state index contributed by atoms with van der Waals surface area (Å²) in [4.78, 5) is 13.7. The lowest BCUT2D eigenvalue weighted by Crippen LogP contribution is -2.48. The summed E-state index contributed by atoms with van der Waals surface area (Å²) in [5, 5.41) is 3.96. The molecule has 5 heteroatoms. The van der Waals surface area contributed by atoms with E-state index in [1.807, 2.05) is 12.1 Å². The van der Waals surface area contributed by atoms with Gasteiger partial charge in [-0.2, -0.15) is 0 Å². The molecule has 96 valence electrons. The van der Waals surface area contributed by atoms with Gasteiger partial charge in [0.1, 0.15) is 5.60 Å². The van der Waals surface area contributed by atoms with Crippen LogP contribution in [0.4, 0.5) is 10.5 Å². The molecule has 0 saturated carbocycles. The highest BCUT2D eigenvalue weighted by molar-refractivity contribution is 6.30. The van der Waals surface area contributed by atoms with Gasteiger partial charge in [-0.3, -0.25) is 4.90 Å². The van der Waals surface area contributed by atoms with E-state index >= 15 is 0 Å². The molecule has 1 aromatic rings. The van der Waals surface area contributed by atoms with Crippen molar-refractivity contribution in [1.29, 1.82) is 0 Å². The monoisotopic (exact) mass is 266 g/mol. The number of nitrogens with one attached hydrogen (secondary N) is 1. The van der Waals surface area contributed by atoms with E-state index in [1.165, 1.54) is 0 Å². The van der Waals surface area contributed by atoms with Crippen molar-refractivity contribution in [1.82, 2.24) is 5.32 Å². The van der Waals surface area contributed by atoms with E-state index in [-0.39, 0.29) is 11.7 Å². The van der Waals surface area contributed by atoms with Crippen molar-refractivity contribution in [2.45, 2.75) is 18.4 Å². The van der Waals surface area contributed by atoms with Gasteiger partial charge in [0.2, 0.25) is 0 Å². The van der Waals surface area contributed by atoms with E-state index in [2.05, 4.69) is 5.32 Å². The van der Waals surface area contributed by atoms with Crippen molar-refractivity contribution in [3.05, 3.63) is 29.3 Å². The molecule has 1 unspecified atom stereocenters. The Bertz CT molecular complexity index is 455. The summed E-state index contributed by atoms with van der Waals surface area (Å²) in [5.74, 6) is 0. The van der Waals surface area contributed by atoms with Crippen LogP contribution in [-0.4, -0.2) is 31.3 Å². The Balaban J connectivity index is 1.82. The molecular formula is C13H15ClN2O2. The predicted molar refractivity (Wildman–Crippen MR) is 70.1 cm³/mol. The predicted octanol–water partition coefficient (Wildman–Crippen LogP) is 2.42. The lowest BCUT2D eigenvalue weighted by Gasteiger charge is -2.31. The number of carbonyl (C=O) groups excluding carboxylic acids is 1. The smallest absolute Gasteiger partial charge is 0.415 e. The first-order chi connectivity index (χ1) is 8.69. The van der Waals surface area contributed by atoms with Gasteiger partial charge in [0.25, 0.3) is 0 Å². The zero-order valence-electron chi connectivity index (χ0n) is 9.99. The minimum atomic E-state index is -0.352. The number of ether oxygens (including phenoxy) is 1. The Hall–Kier alpha value is -1.26. The van der Waals surface area contributed by atoms with Gasteiger partial charge >= 0.3 is 6.09 Å². The number of amides is 1. The molecule has 4 nitrogen and oxygen atoms in total. The van der Waals surface area contributed by atoms with E-state index in [0.29, 0.717) is 11.6 Å². The first kappa shape index (κ1) is 11.8. The summed E-state index contributed by atoms with van der Waals surface area (Å²) in [7, 11) is 0. The minimum absolute atomic E-state index is 0.263. The van der Waals surface area contributed by atoms with Crippen LogP contribution < -0.4 is 10.2 Å². The van der Waals surface area contributed by atoms with Gasteiger partial charge in [0, 0.05) is 17.3 Å². The molecule has 0 bridgehead atoms. The Labute approximate surface area is 111 Å². The maximum Gasteiger partial charge on any atom is 0.415 e. The van der Waals surface area contributed by atoms with Crippen LogP contribution in [-0.2, 0) is 4.74 Å². The first-order valence-corrected chi connectivity index (χ1v) is 6.53. The van der Waals surface area contributed by atoms with Crippen LogP contribution >= 0.6 is 11.6 Å². The van der Waals surface area contributed by atoms with E-state index in [1.54, 1.807) is 17.0 Å². The molecule has 2 saturated heterocycles. The van der Waals surface area contributed by atoms with Crippen molar-refractivity contribution in [2.75, 3.05) is 24.5 Å². The maximum atomic E-state index is 12.0. The number of rotatable bonds is 1. The highest BCUT2D eigenvalue weighted by Crippen LogP contribution is 2.32. The average molecular weight is 267 g/mol. The number of hydrogen-bond acceptors (Lipinski definition) is 3. The fourth-order valence-electron chi connectivity index (χ4n) is 2.61. The summed E-state index contributed by atoms with van der Waals surface area (Å²) in [6.45, 7) is 2.35. The molecule has 2 aliphatic heterocycles. The van der Waals surface area contributed by atoms with Crippen molar-refractivity contribution >= 4 is 23.4 Å². The summed E-state index contributed by atoms with van der Waals surface area (Å²) in [5.41, 5.74) is 0.487. The average Bonchev–Trinajstić information content (AvgIpc) is 2.68. The Morgan fingerprint density at radius 2 is 2.11 bits per heavy atom. The molecule has 1 spiro atoms. The fraction of sp³-hybridized carbons (Fsp3) is 0.462. The molecule has 2 heterocycles. The number of piperidine rings is 1. The molecule has 2 fully saturated rings. The van der Waals surface area contributed by atoms with Crippen LogP contribution in [0.5, 0.6) is 0 Å². The van der Waals surface area contributed by atoms with Crippen LogP contribution in [0.15, 0.2) is 24.3 Å². The number of carbonyl (C=O) groups is 1. The molecule has 3 rings (SSSR count). The molecule has 1 amide bonds. The van der Waals surface area contributed by atoms with Gasteiger partial charge in [-0.15, -0.1) is 0 Å². The van der Waals surface area contributed by atoms with Crippen molar-refractivity contribution in [3.8, 4) is 0 Å². The highest BCUT2D eigenvalue weighted by atomic mass is 35.5. The second-order valence-electron chi connectivity index (χ2n) is 4.89. The first-order valence-electron chi connectivity index (χ1n) is 6.15. The second-order valence-corrected chi connectivity index (χ2v) is 5.33. The van der Waals surface area contributed by atoms with Crippen LogP contribution in [0.1, 0.15) is 12.8 Å². The van der Waals surface area contributed by atoms with Gasteiger partial charge < -0.3 is 10.1 Å². The van der Waals surface area contributed by atoms with E-state index in [0.717, 1.165) is 31.6 Å². The number of hydrogen-bond donors (Lipinski definition) is 1. The molecule has 2 aliphatic rings. The maximum absolute atomic E-state index is 12.0. The van der Waals surface area contributed by atoms with Crippen LogP contribution in [0.3, 0.4) is 0 Å². The van der Waals surface area contributed by atoms with Gasteiger partial charge in [-0.1, -0.05) is 11.6 Å². The van der Waals surface area contributed by atoms with E-state index in [4.69, 9.17) is 16.3 Å². The fourth-order valence-corrected chi connectivity index (χ4v) is 2.73. The quantitative estimate of drug-likeness (QED) is 0.849. The summed E-state index contributed by atoms with van der Waals surface area (Å²) < 4.78 is 5.58. The number of nitrogens with zero attached hydrogens (tertiary/aromatic N) is 1. The minimum Gasteiger partial charge on any atom is -0.439 e. The lowest BCUT2D eigenvalue weighted by molar-refractivity contribution is 0.0366.